The van der Waals surface area contributed by atoms with Crippen molar-refractivity contribution in [3.05, 3.63) is 0 Å². The quantitative estimate of drug-likeness (QED) is 0.778. The smallest absolute Gasteiger partial charge is 0.239 e. The van der Waals surface area contributed by atoms with Gasteiger partial charge in [0.25, 0.3) is 0 Å². The summed E-state index contributed by atoms with van der Waals surface area (Å²) in [5, 5.41) is 12.9. The number of hydrogen-bond donors (Lipinski definition) is 2. The molecule has 24 heavy (non-hydrogen) atoms. The van der Waals surface area contributed by atoms with Crippen LogP contribution in [0.4, 0.5) is 0 Å². The topological polar surface area (TPSA) is 61.8 Å². The van der Waals surface area contributed by atoms with E-state index in [9.17, 15) is 9.90 Å². The van der Waals surface area contributed by atoms with E-state index in [4.69, 9.17) is 4.74 Å². The molecule has 2 saturated heterocycles. The molecule has 5 heteroatoms. The normalized spacial score (nSPS) is 30.6. The highest BCUT2D eigenvalue weighted by Crippen LogP contribution is 2.22. The van der Waals surface area contributed by atoms with Crippen molar-refractivity contribution in [3.63, 3.8) is 0 Å². The van der Waals surface area contributed by atoms with Gasteiger partial charge < -0.3 is 20.1 Å². The third-order valence-electron chi connectivity index (χ3n) is 5.32. The maximum Gasteiger partial charge on any atom is 0.239 e. The molecule has 0 aromatic heterocycles. The van der Waals surface area contributed by atoms with Gasteiger partial charge in [0, 0.05) is 25.7 Å². The summed E-state index contributed by atoms with van der Waals surface area (Å²) in [5.74, 6) is 1.09. The molecule has 0 radical (unpaired) electrons. The molecule has 140 valence electrons. The summed E-state index contributed by atoms with van der Waals surface area (Å²) in [6.45, 7) is 10.4. The maximum atomic E-state index is 13.0. The van der Waals surface area contributed by atoms with E-state index in [-0.39, 0.29) is 30.8 Å². The number of nitrogens with zero attached hydrogens (tertiary/aromatic N) is 1. The predicted molar refractivity (Wildman–Crippen MR) is 95.8 cm³/mol. The molecule has 4 atom stereocenters. The molecule has 2 fully saturated rings. The summed E-state index contributed by atoms with van der Waals surface area (Å²) in [6.07, 6.45) is 5.16. The zero-order valence-corrected chi connectivity index (χ0v) is 15.8. The van der Waals surface area contributed by atoms with Crippen LogP contribution in [0.25, 0.3) is 0 Å². The summed E-state index contributed by atoms with van der Waals surface area (Å²) in [4.78, 5) is 15.0. The van der Waals surface area contributed by atoms with Gasteiger partial charge in [-0.05, 0) is 57.8 Å². The molecule has 2 N–H and O–H groups in total. The fourth-order valence-electron chi connectivity index (χ4n) is 4.09. The summed E-state index contributed by atoms with van der Waals surface area (Å²) in [7, 11) is 0. The van der Waals surface area contributed by atoms with Crippen molar-refractivity contribution in [2.24, 2.45) is 11.8 Å². The fourth-order valence-corrected chi connectivity index (χ4v) is 4.09. The molecule has 2 rings (SSSR count). The number of piperidine rings is 1. The molecule has 2 heterocycles. The highest BCUT2D eigenvalue weighted by atomic mass is 16.5. The summed E-state index contributed by atoms with van der Waals surface area (Å²) in [5.41, 5.74) is 0. The lowest BCUT2D eigenvalue weighted by Gasteiger charge is -2.38. The highest BCUT2D eigenvalue weighted by molar-refractivity contribution is 5.82. The van der Waals surface area contributed by atoms with Crippen LogP contribution >= 0.6 is 0 Å². The number of likely N-dealkylation sites (tertiary alicyclic amines) is 1. The molecular formula is C19H36N2O3. The number of hydrogen-bond acceptors (Lipinski definition) is 4. The molecule has 1 amide bonds. The number of aliphatic hydroxyl groups is 1. The Hall–Kier alpha value is -0.650. The average molecular weight is 341 g/mol. The van der Waals surface area contributed by atoms with E-state index in [0.717, 1.165) is 45.2 Å². The van der Waals surface area contributed by atoms with Crippen molar-refractivity contribution >= 4 is 5.91 Å². The largest absolute Gasteiger partial charge is 0.396 e. The number of nitrogens with one attached hydrogen (secondary N) is 1. The van der Waals surface area contributed by atoms with E-state index in [1.807, 2.05) is 4.90 Å². The van der Waals surface area contributed by atoms with Gasteiger partial charge in [-0.15, -0.1) is 0 Å². The van der Waals surface area contributed by atoms with Crippen LogP contribution in [0.3, 0.4) is 0 Å². The lowest BCUT2D eigenvalue weighted by atomic mass is 9.94. The molecule has 0 aliphatic carbocycles. The minimum absolute atomic E-state index is 0.0989. The van der Waals surface area contributed by atoms with Crippen molar-refractivity contribution < 1.29 is 14.6 Å². The lowest BCUT2D eigenvalue weighted by Crippen LogP contribution is -2.54. The van der Waals surface area contributed by atoms with Crippen LogP contribution in [-0.4, -0.2) is 59.9 Å². The summed E-state index contributed by atoms with van der Waals surface area (Å²) < 4.78 is 5.82. The Morgan fingerprint density at radius 1 is 1.21 bits per heavy atom. The van der Waals surface area contributed by atoms with E-state index in [1.54, 1.807) is 0 Å². The minimum atomic E-state index is -0.0989. The van der Waals surface area contributed by atoms with Gasteiger partial charge in [-0.3, -0.25) is 4.79 Å². The van der Waals surface area contributed by atoms with E-state index in [2.05, 4.69) is 33.0 Å². The average Bonchev–Trinajstić information content (AvgIpc) is 2.52. The number of rotatable bonds is 6. The Balaban J connectivity index is 1.95. The van der Waals surface area contributed by atoms with Crippen LogP contribution < -0.4 is 5.32 Å². The molecule has 0 aromatic rings. The van der Waals surface area contributed by atoms with Gasteiger partial charge in [-0.2, -0.15) is 0 Å². The van der Waals surface area contributed by atoms with Crippen LogP contribution in [0, 0.1) is 11.8 Å². The van der Waals surface area contributed by atoms with Crippen molar-refractivity contribution in [3.8, 4) is 0 Å². The van der Waals surface area contributed by atoms with Crippen LogP contribution in [0.5, 0.6) is 0 Å². The third kappa shape index (κ3) is 5.71. The Bertz CT molecular complexity index is 384. The van der Waals surface area contributed by atoms with Gasteiger partial charge in [0.1, 0.15) is 0 Å². The van der Waals surface area contributed by atoms with Crippen molar-refractivity contribution in [2.45, 2.75) is 84.1 Å². The number of ether oxygens (including phenoxy) is 1. The zero-order chi connectivity index (χ0) is 17.7. The second kappa shape index (κ2) is 9.16. The van der Waals surface area contributed by atoms with E-state index in [1.165, 1.54) is 0 Å². The first-order valence-corrected chi connectivity index (χ1v) is 9.70. The Morgan fingerprint density at radius 2 is 1.79 bits per heavy atom. The second-order valence-electron chi connectivity index (χ2n) is 8.23. The van der Waals surface area contributed by atoms with Gasteiger partial charge in [-0.25, -0.2) is 0 Å². The minimum Gasteiger partial charge on any atom is -0.396 e. The Morgan fingerprint density at radius 3 is 2.29 bits per heavy atom. The predicted octanol–water partition coefficient (Wildman–Crippen LogP) is 2.18. The molecular weight excluding hydrogens is 304 g/mol. The van der Waals surface area contributed by atoms with Gasteiger partial charge in [0.2, 0.25) is 5.91 Å². The molecule has 5 nitrogen and oxygen atoms in total. The van der Waals surface area contributed by atoms with Gasteiger partial charge in [0.15, 0.2) is 0 Å². The number of amides is 1. The first-order valence-electron chi connectivity index (χ1n) is 9.70. The van der Waals surface area contributed by atoms with Gasteiger partial charge in [0.05, 0.1) is 18.2 Å². The summed E-state index contributed by atoms with van der Waals surface area (Å²) >= 11 is 0. The standard InChI is InChI=1S/C19H36N2O3/c1-13(2)9-18(20-17-10-14(3)24-15(4)11-17)19(23)21-7-5-16(12-22)6-8-21/h13-18,20,22H,5-12H2,1-4H3/t14-,15+,17?,18-/m1/s1. The molecule has 0 spiro atoms. The van der Waals surface area contributed by atoms with Crippen LogP contribution in [0.15, 0.2) is 0 Å². The fraction of sp³-hybridized carbons (Fsp3) is 0.947. The van der Waals surface area contributed by atoms with Gasteiger partial charge >= 0.3 is 0 Å². The first kappa shape index (κ1) is 19.7. The van der Waals surface area contributed by atoms with Crippen LogP contribution in [-0.2, 0) is 9.53 Å². The second-order valence-corrected chi connectivity index (χ2v) is 8.23. The SMILES string of the molecule is CC(C)C[C@@H](NC1C[C@@H](C)O[C@@H](C)C1)C(=O)N1CCC(CO)CC1. The molecule has 2 aliphatic rings. The van der Waals surface area contributed by atoms with Crippen molar-refractivity contribution in [1.29, 1.82) is 0 Å². The molecule has 1 unspecified atom stereocenters. The Kier molecular flexibility index (Phi) is 7.51. The molecule has 0 aromatic carbocycles. The van der Waals surface area contributed by atoms with E-state index >= 15 is 0 Å². The van der Waals surface area contributed by atoms with E-state index < -0.39 is 0 Å². The number of carbonyl (C=O) groups is 1. The third-order valence-corrected chi connectivity index (χ3v) is 5.32. The summed E-state index contributed by atoms with van der Waals surface area (Å²) in [6, 6.07) is 0.254. The van der Waals surface area contributed by atoms with Crippen molar-refractivity contribution in [1.82, 2.24) is 10.2 Å². The lowest BCUT2D eigenvalue weighted by molar-refractivity contribution is -0.136. The van der Waals surface area contributed by atoms with Crippen molar-refractivity contribution in [2.75, 3.05) is 19.7 Å². The zero-order valence-electron chi connectivity index (χ0n) is 15.8. The van der Waals surface area contributed by atoms with Crippen LogP contribution in [0.2, 0.25) is 0 Å². The molecule has 2 aliphatic heterocycles. The highest BCUT2D eigenvalue weighted by Gasteiger charge is 2.32. The Labute approximate surface area is 147 Å². The monoisotopic (exact) mass is 340 g/mol. The van der Waals surface area contributed by atoms with Gasteiger partial charge in [-0.1, -0.05) is 13.8 Å². The van der Waals surface area contributed by atoms with Crippen LogP contribution in [0.1, 0.15) is 59.8 Å². The maximum absolute atomic E-state index is 13.0. The number of carbonyl (C=O) groups excluding carboxylic acids is 1. The molecule has 0 saturated carbocycles. The number of aliphatic hydroxyl groups excluding tert-OH is 1. The first-order chi connectivity index (χ1) is 11.4. The molecule has 0 bridgehead atoms. The van der Waals surface area contributed by atoms with E-state index in [0.29, 0.717) is 17.9 Å².